The Morgan fingerprint density at radius 1 is 1.33 bits per heavy atom. The van der Waals surface area contributed by atoms with Gasteiger partial charge >= 0.3 is 0 Å². The second-order valence-corrected chi connectivity index (χ2v) is 5.21. The van der Waals surface area contributed by atoms with Gasteiger partial charge in [0.15, 0.2) is 0 Å². The minimum absolute atomic E-state index is 0.0444. The zero-order valence-corrected chi connectivity index (χ0v) is 10.9. The van der Waals surface area contributed by atoms with E-state index in [2.05, 4.69) is 5.32 Å². The number of nitrogens with one attached hydrogen (secondary N) is 1. The van der Waals surface area contributed by atoms with E-state index in [1.807, 2.05) is 6.92 Å². The average Bonchev–Trinajstić information content (AvgIpc) is 2.40. The molecule has 1 aliphatic heterocycles. The molecule has 1 N–H and O–H groups in total. The number of carbonyl (C=O) groups excluding carboxylic acids is 2. The zero-order valence-electron chi connectivity index (χ0n) is 10.9. The van der Waals surface area contributed by atoms with Crippen LogP contribution in [0, 0.1) is 0 Å². The maximum Gasteiger partial charge on any atom is 0.246 e. The summed E-state index contributed by atoms with van der Waals surface area (Å²) < 4.78 is 12.7. The summed E-state index contributed by atoms with van der Waals surface area (Å²) in [4.78, 5) is 26.2. The third-order valence-corrected chi connectivity index (χ3v) is 4.21. The molecule has 0 aromatic carbocycles. The van der Waals surface area contributed by atoms with Crippen molar-refractivity contribution in [3.05, 3.63) is 0 Å². The predicted octanol–water partition coefficient (Wildman–Crippen LogP) is 1.40. The van der Waals surface area contributed by atoms with E-state index in [-0.39, 0.29) is 18.4 Å². The lowest BCUT2D eigenvalue weighted by molar-refractivity contribution is -0.160. The Morgan fingerprint density at radius 2 is 2.00 bits per heavy atom. The Balaban J connectivity index is 2.29. The first kappa shape index (κ1) is 13.3. The number of amides is 2. The summed E-state index contributed by atoms with van der Waals surface area (Å²) >= 11 is 0. The smallest absolute Gasteiger partial charge is 0.246 e. The fourth-order valence-corrected chi connectivity index (χ4v) is 3.19. The molecule has 0 aromatic rings. The first-order valence-electron chi connectivity index (χ1n) is 6.84. The van der Waals surface area contributed by atoms with Crippen LogP contribution in [0.4, 0.5) is 4.39 Å². The predicted molar refractivity (Wildman–Crippen MR) is 65.7 cm³/mol. The summed E-state index contributed by atoms with van der Waals surface area (Å²) in [5.41, 5.74) is -0.771. The largest absolute Gasteiger partial charge is 0.342 e. The molecule has 0 bridgehead atoms. The number of alkyl halides is 1. The summed E-state index contributed by atoms with van der Waals surface area (Å²) in [6, 6.07) is -0.475. The highest BCUT2D eigenvalue weighted by atomic mass is 19.1. The Hall–Kier alpha value is -1.13. The van der Waals surface area contributed by atoms with Crippen LogP contribution < -0.4 is 5.32 Å². The molecule has 2 aliphatic rings. The van der Waals surface area contributed by atoms with E-state index < -0.39 is 18.3 Å². The maximum atomic E-state index is 12.7. The Bertz CT molecular complexity index is 338. The molecular formula is C13H21FN2O2. The van der Waals surface area contributed by atoms with Crippen molar-refractivity contribution in [3.8, 4) is 0 Å². The number of nitrogens with zero attached hydrogens (tertiary/aromatic N) is 1. The normalized spacial score (nSPS) is 27.4. The Kier molecular flexibility index (Phi) is 3.88. The summed E-state index contributed by atoms with van der Waals surface area (Å²) in [5, 5.41) is 2.81. The minimum atomic E-state index is -0.771. The molecule has 2 rings (SSSR count). The third-order valence-electron chi connectivity index (χ3n) is 4.21. The first-order valence-corrected chi connectivity index (χ1v) is 6.84. The van der Waals surface area contributed by atoms with Gasteiger partial charge in [0.1, 0.15) is 18.3 Å². The second-order valence-electron chi connectivity index (χ2n) is 5.21. The van der Waals surface area contributed by atoms with Crippen LogP contribution in [0.15, 0.2) is 0 Å². The molecule has 102 valence electrons. The van der Waals surface area contributed by atoms with Gasteiger partial charge in [-0.05, 0) is 19.3 Å². The molecular weight excluding hydrogens is 235 g/mol. The van der Waals surface area contributed by atoms with E-state index in [4.69, 9.17) is 0 Å². The van der Waals surface area contributed by atoms with E-state index in [1.54, 1.807) is 0 Å². The first-order chi connectivity index (χ1) is 8.65. The number of halogens is 1. The molecule has 1 unspecified atom stereocenters. The molecule has 1 saturated heterocycles. The van der Waals surface area contributed by atoms with Crippen LogP contribution in [-0.4, -0.2) is 41.5 Å². The molecule has 1 atom stereocenters. The van der Waals surface area contributed by atoms with Gasteiger partial charge in [0, 0.05) is 0 Å². The van der Waals surface area contributed by atoms with Gasteiger partial charge in [-0.15, -0.1) is 0 Å². The van der Waals surface area contributed by atoms with Crippen molar-refractivity contribution in [1.82, 2.24) is 10.2 Å². The van der Waals surface area contributed by atoms with E-state index in [0.717, 1.165) is 19.3 Å². The van der Waals surface area contributed by atoms with Gasteiger partial charge in [0.2, 0.25) is 11.8 Å². The van der Waals surface area contributed by atoms with Gasteiger partial charge in [-0.25, -0.2) is 4.39 Å². The minimum Gasteiger partial charge on any atom is -0.342 e. The van der Waals surface area contributed by atoms with E-state index >= 15 is 0 Å². The van der Waals surface area contributed by atoms with Gasteiger partial charge in [0.05, 0.1) is 6.54 Å². The number of rotatable bonds is 3. The highest BCUT2D eigenvalue weighted by Crippen LogP contribution is 2.36. The van der Waals surface area contributed by atoms with Crippen LogP contribution in [0.25, 0.3) is 0 Å². The molecule has 0 radical (unpaired) electrons. The average molecular weight is 256 g/mol. The molecule has 2 fully saturated rings. The molecule has 0 aromatic heterocycles. The van der Waals surface area contributed by atoms with Crippen LogP contribution in [0.3, 0.4) is 0 Å². The van der Waals surface area contributed by atoms with E-state index in [1.165, 1.54) is 4.90 Å². The van der Waals surface area contributed by atoms with Gasteiger partial charge in [0.25, 0.3) is 0 Å². The van der Waals surface area contributed by atoms with Crippen LogP contribution in [0.5, 0.6) is 0 Å². The molecule has 1 aliphatic carbocycles. The van der Waals surface area contributed by atoms with Crippen LogP contribution in [-0.2, 0) is 9.59 Å². The highest BCUT2D eigenvalue weighted by Gasteiger charge is 2.51. The Morgan fingerprint density at radius 3 is 2.56 bits per heavy atom. The maximum absolute atomic E-state index is 12.7. The monoisotopic (exact) mass is 256 g/mol. The summed E-state index contributed by atoms with van der Waals surface area (Å²) in [6.45, 7) is 1.31. The van der Waals surface area contributed by atoms with Gasteiger partial charge in [-0.1, -0.05) is 26.2 Å². The van der Waals surface area contributed by atoms with Crippen LogP contribution in [0.2, 0.25) is 0 Å². The van der Waals surface area contributed by atoms with Crippen molar-refractivity contribution >= 4 is 11.8 Å². The topological polar surface area (TPSA) is 49.4 Å². The molecule has 5 heteroatoms. The van der Waals surface area contributed by atoms with Crippen molar-refractivity contribution in [1.29, 1.82) is 0 Å². The number of hydrogen-bond donors (Lipinski definition) is 1. The van der Waals surface area contributed by atoms with Crippen molar-refractivity contribution in [2.24, 2.45) is 0 Å². The SMILES string of the molecule is CCC1NC(=O)C2(CCCCC2)N(CCF)C1=O. The van der Waals surface area contributed by atoms with Crippen molar-refractivity contribution in [2.75, 3.05) is 13.2 Å². The van der Waals surface area contributed by atoms with E-state index in [0.29, 0.717) is 19.3 Å². The lowest BCUT2D eigenvalue weighted by Crippen LogP contribution is -2.71. The van der Waals surface area contributed by atoms with E-state index in [9.17, 15) is 14.0 Å². The lowest BCUT2D eigenvalue weighted by atomic mass is 9.77. The summed E-state index contributed by atoms with van der Waals surface area (Å²) in [7, 11) is 0. The third kappa shape index (κ3) is 1.99. The van der Waals surface area contributed by atoms with Gasteiger partial charge < -0.3 is 10.2 Å². The fraction of sp³-hybridized carbons (Fsp3) is 0.846. The second kappa shape index (κ2) is 5.24. The number of hydrogen-bond acceptors (Lipinski definition) is 2. The highest BCUT2D eigenvalue weighted by molar-refractivity contribution is 5.99. The number of carbonyl (C=O) groups is 2. The molecule has 1 saturated carbocycles. The molecule has 18 heavy (non-hydrogen) atoms. The van der Waals surface area contributed by atoms with Crippen LogP contribution >= 0.6 is 0 Å². The fourth-order valence-electron chi connectivity index (χ4n) is 3.19. The lowest BCUT2D eigenvalue weighted by Gasteiger charge is -2.49. The zero-order chi connectivity index (χ0) is 13.2. The van der Waals surface area contributed by atoms with Crippen molar-refractivity contribution < 1.29 is 14.0 Å². The van der Waals surface area contributed by atoms with Gasteiger partial charge in [-0.3, -0.25) is 9.59 Å². The van der Waals surface area contributed by atoms with Gasteiger partial charge in [-0.2, -0.15) is 0 Å². The molecule has 1 heterocycles. The summed E-state index contributed by atoms with van der Waals surface area (Å²) in [6.07, 6.45) is 4.84. The quantitative estimate of drug-likeness (QED) is 0.829. The van der Waals surface area contributed by atoms with Crippen molar-refractivity contribution in [3.63, 3.8) is 0 Å². The molecule has 4 nitrogen and oxygen atoms in total. The summed E-state index contributed by atoms with van der Waals surface area (Å²) in [5.74, 6) is -0.196. The van der Waals surface area contributed by atoms with Crippen molar-refractivity contribution in [2.45, 2.75) is 57.0 Å². The standard InChI is InChI=1S/C13H21FN2O2/c1-2-10-11(17)16(9-8-14)13(12(18)15-10)6-4-3-5-7-13/h10H,2-9H2,1H3,(H,15,18). The molecule has 2 amide bonds. The number of piperazine rings is 1. The van der Waals surface area contributed by atoms with Crippen LogP contribution in [0.1, 0.15) is 45.4 Å². The Labute approximate surface area is 107 Å². The molecule has 1 spiro atoms.